The van der Waals surface area contributed by atoms with E-state index in [1.807, 2.05) is 6.07 Å². The number of aliphatic hydroxyl groups excluding tert-OH is 2. The van der Waals surface area contributed by atoms with Gasteiger partial charge in [0.25, 0.3) is 0 Å². The minimum Gasteiger partial charge on any atom is -0.394 e. The summed E-state index contributed by atoms with van der Waals surface area (Å²) >= 11 is 0. The van der Waals surface area contributed by atoms with Gasteiger partial charge in [-0.25, -0.2) is 13.4 Å². The number of piperidine rings is 1. The standard InChI is InChI=1S/C14H22N2O4S/c1-21(19,20)10-11-2-3-14(15-8-11)16-6-4-12(5-7-16)13(18)9-17/h2-3,8,12-13,17-18H,4-7,9-10H2,1H3. The molecule has 2 heterocycles. The van der Waals surface area contributed by atoms with E-state index in [2.05, 4.69) is 9.88 Å². The van der Waals surface area contributed by atoms with Crippen molar-refractivity contribution in [3.05, 3.63) is 23.9 Å². The molecule has 0 spiro atoms. The van der Waals surface area contributed by atoms with Gasteiger partial charge in [-0.3, -0.25) is 0 Å². The van der Waals surface area contributed by atoms with Gasteiger partial charge in [-0.05, 0) is 30.4 Å². The van der Waals surface area contributed by atoms with Crippen LogP contribution in [0.25, 0.3) is 0 Å². The van der Waals surface area contributed by atoms with Gasteiger partial charge in [-0.15, -0.1) is 0 Å². The molecule has 1 aromatic heterocycles. The first-order valence-corrected chi connectivity index (χ1v) is 9.11. The monoisotopic (exact) mass is 314 g/mol. The predicted octanol–water partition coefficient (Wildman–Crippen LogP) is 0.196. The Hall–Kier alpha value is -1.18. The molecule has 1 aliphatic heterocycles. The number of aliphatic hydroxyl groups is 2. The third kappa shape index (κ3) is 4.66. The van der Waals surface area contributed by atoms with Crippen LogP contribution in [-0.2, 0) is 15.6 Å². The van der Waals surface area contributed by atoms with Crippen LogP contribution in [0.2, 0.25) is 0 Å². The third-order valence-electron chi connectivity index (χ3n) is 3.83. The third-order valence-corrected chi connectivity index (χ3v) is 4.69. The first kappa shape index (κ1) is 16.2. The molecule has 2 rings (SSSR count). The van der Waals surface area contributed by atoms with E-state index in [1.165, 1.54) is 6.26 Å². The van der Waals surface area contributed by atoms with Gasteiger partial charge in [0.15, 0.2) is 9.84 Å². The van der Waals surface area contributed by atoms with Crippen LogP contribution in [0.1, 0.15) is 18.4 Å². The van der Waals surface area contributed by atoms with Crippen molar-refractivity contribution in [2.24, 2.45) is 5.92 Å². The van der Waals surface area contributed by atoms with Crippen LogP contribution in [0.4, 0.5) is 5.82 Å². The molecule has 0 aliphatic carbocycles. The van der Waals surface area contributed by atoms with E-state index >= 15 is 0 Å². The van der Waals surface area contributed by atoms with Crippen molar-refractivity contribution < 1.29 is 18.6 Å². The van der Waals surface area contributed by atoms with E-state index in [0.29, 0.717) is 5.56 Å². The molecule has 1 saturated heterocycles. The zero-order valence-corrected chi connectivity index (χ0v) is 13.0. The first-order chi connectivity index (χ1) is 9.89. The van der Waals surface area contributed by atoms with Gasteiger partial charge < -0.3 is 15.1 Å². The van der Waals surface area contributed by atoms with Crippen molar-refractivity contribution in [3.8, 4) is 0 Å². The summed E-state index contributed by atoms with van der Waals surface area (Å²) in [4.78, 5) is 6.44. The van der Waals surface area contributed by atoms with Gasteiger partial charge in [0, 0.05) is 25.5 Å². The molecular formula is C14H22N2O4S. The summed E-state index contributed by atoms with van der Waals surface area (Å²) in [6.07, 6.45) is 3.80. The fourth-order valence-corrected chi connectivity index (χ4v) is 3.43. The lowest BCUT2D eigenvalue weighted by Gasteiger charge is -2.34. The Morgan fingerprint density at radius 3 is 2.52 bits per heavy atom. The van der Waals surface area contributed by atoms with E-state index in [9.17, 15) is 13.5 Å². The van der Waals surface area contributed by atoms with Crippen LogP contribution in [0.5, 0.6) is 0 Å². The normalized spacial score (nSPS) is 18.7. The zero-order valence-electron chi connectivity index (χ0n) is 12.1. The number of anilines is 1. The summed E-state index contributed by atoms with van der Waals surface area (Å²) in [6, 6.07) is 3.63. The lowest BCUT2D eigenvalue weighted by molar-refractivity contribution is 0.0376. The highest BCUT2D eigenvalue weighted by Gasteiger charge is 2.25. The summed E-state index contributed by atoms with van der Waals surface area (Å²) in [5.41, 5.74) is 0.687. The number of hydrogen-bond donors (Lipinski definition) is 2. The number of aromatic nitrogens is 1. The first-order valence-electron chi connectivity index (χ1n) is 7.05. The van der Waals surface area contributed by atoms with Crippen LogP contribution in [0, 0.1) is 5.92 Å². The molecule has 0 bridgehead atoms. The Balaban J connectivity index is 1.95. The quantitative estimate of drug-likeness (QED) is 0.806. The highest BCUT2D eigenvalue weighted by atomic mass is 32.2. The van der Waals surface area contributed by atoms with Crippen LogP contribution in [0.3, 0.4) is 0 Å². The number of nitrogens with zero attached hydrogens (tertiary/aromatic N) is 2. The molecule has 2 N–H and O–H groups in total. The summed E-state index contributed by atoms with van der Waals surface area (Å²) in [6.45, 7) is 1.36. The second kappa shape index (κ2) is 6.72. The average molecular weight is 314 g/mol. The minimum absolute atomic E-state index is 0.00501. The lowest BCUT2D eigenvalue weighted by Crippen LogP contribution is -2.39. The van der Waals surface area contributed by atoms with Crippen LogP contribution in [0.15, 0.2) is 18.3 Å². The molecular weight excluding hydrogens is 292 g/mol. The summed E-state index contributed by atoms with van der Waals surface area (Å²) < 4.78 is 22.5. The van der Waals surface area contributed by atoms with Gasteiger partial charge in [0.2, 0.25) is 0 Å². The van der Waals surface area contributed by atoms with E-state index in [-0.39, 0.29) is 18.3 Å². The fourth-order valence-electron chi connectivity index (χ4n) is 2.65. The van der Waals surface area contributed by atoms with Crippen LogP contribution < -0.4 is 4.90 Å². The number of hydrogen-bond acceptors (Lipinski definition) is 6. The van der Waals surface area contributed by atoms with Crippen molar-refractivity contribution in [3.63, 3.8) is 0 Å². The summed E-state index contributed by atoms with van der Waals surface area (Å²) in [5.74, 6) is 0.963. The van der Waals surface area contributed by atoms with Gasteiger partial charge in [0.1, 0.15) is 5.82 Å². The van der Waals surface area contributed by atoms with Crippen molar-refractivity contribution in [1.29, 1.82) is 0 Å². The topological polar surface area (TPSA) is 90.7 Å². The lowest BCUT2D eigenvalue weighted by atomic mass is 9.91. The molecule has 0 saturated carbocycles. The number of rotatable bonds is 5. The highest BCUT2D eigenvalue weighted by molar-refractivity contribution is 7.89. The molecule has 0 aromatic carbocycles. The Kier molecular flexibility index (Phi) is 5.18. The maximum absolute atomic E-state index is 11.2. The minimum atomic E-state index is -3.04. The largest absolute Gasteiger partial charge is 0.394 e. The van der Waals surface area contributed by atoms with Gasteiger partial charge >= 0.3 is 0 Å². The smallest absolute Gasteiger partial charge is 0.151 e. The summed E-state index contributed by atoms with van der Waals surface area (Å²) in [5, 5.41) is 18.6. The van der Waals surface area contributed by atoms with Crippen molar-refractivity contribution in [2.75, 3.05) is 30.9 Å². The van der Waals surface area contributed by atoms with Crippen LogP contribution >= 0.6 is 0 Å². The van der Waals surface area contributed by atoms with Gasteiger partial charge in [-0.1, -0.05) is 6.07 Å². The molecule has 0 amide bonds. The molecule has 1 aromatic rings. The molecule has 1 aliphatic rings. The molecule has 1 unspecified atom stereocenters. The van der Waals surface area contributed by atoms with Crippen molar-refractivity contribution in [1.82, 2.24) is 4.98 Å². The van der Waals surface area contributed by atoms with E-state index in [4.69, 9.17) is 5.11 Å². The van der Waals surface area contributed by atoms with E-state index in [1.54, 1.807) is 12.3 Å². The predicted molar refractivity (Wildman–Crippen MR) is 80.8 cm³/mol. The Morgan fingerprint density at radius 2 is 2.05 bits per heavy atom. The molecule has 1 fully saturated rings. The zero-order chi connectivity index (χ0) is 15.5. The van der Waals surface area contributed by atoms with Crippen molar-refractivity contribution in [2.45, 2.75) is 24.7 Å². The molecule has 7 heteroatoms. The number of pyridine rings is 1. The molecule has 1 atom stereocenters. The molecule has 6 nitrogen and oxygen atoms in total. The maximum atomic E-state index is 11.2. The van der Waals surface area contributed by atoms with E-state index < -0.39 is 15.9 Å². The maximum Gasteiger partial charge on any atom is 0.151 e. The Labute approximate surface area is 125 Å². The van der Waals surface area contributed by atoms with Gasteiger partial charge in [0.05, 0.1) is 18.5 Å². The number of sulfone groups is 1. The average Bonchev–Trinajstić information content (AvgIpc) is 2.46. The Morgan fingerprint density at radius 1 is 1.38 bits per heavy atom. The summed E-state index contributed by atoms with van der Waals surface area (Å²) in [7, 11) is -3.04. The second-order valence-corrected chi connectivity index (χ2v) is 7.81. The Bertz CT molecular complexity index is 551. The second-order valence-electron chi connectivity index (χ2n) is 5.67. The molecule has 0 radical (unpaired) electrons. The molecule has 21 heavy (non-hydrogen) atoms. The fraction of sp³-hybridized carbons (Fsp3) is 0.643. The SMILES string of the molecule is CS(=O)(=O)Cc1ccc(N2CCC(C(O)CO)CC2)nc1. The van der Waals surface area contributed by atoms with Crippen LogP contribution in [-0.4, -0.2) is 55.7 Å². The molecule has 118 valence electrons. The van der Waals surface area contributed by atoms with Gasteiger partial charge in [-0.2, -0.15) is 0 Å². The van der Waals surface area contributed by atoms with E-state index in [0.717, 1.165) is 31.7 Å². The van der Waals surface area contributed by atoms with Crippen molar-refractivity contribution >= 4 is 15.7 Å². The highest BCUT2D eigenvalue weighted by Crippen LogP contribution is 2.24.